The van der Waals surface area contributed by atoms with Crippen LogP contribution in [-0.4, -0.2) is 67.3 Å². The molecule has 0 aliphatic carbocycles. The largest absolute Gasteiger partial charge is 0.465 e. The van der Waals surface area contributed by atoms with Gasteiger partial charge in [0.05, 0.1) is 18.1 Å². The smallest absolute Gasteiger partial charge is 0.459 e. The van der Waals surface area contributed by atoms with Crippen molar-refractivity contribution in [1.82, 2.24) is 19.6 Å². The Bertz CT molecular complexity index is 1670. The van der Waals surface area contributed by atoms with Gasteiger partial charge in [0.25, 0.3) is 0 Å². The second-order valence-corrected chi connectivity index (χ2v) is 12.7. The van der Waals surface area contributed by atoms with Gasteiger partial charge in [0.1, 0.15) is 47.4 Å². The van der Waals surface area contributed by atoms with Crippen LogP contribution in [0.15, 0.2) is 61.1 Å². The number of anilines is 1. The highest BCUT2D eigenvalue weighted by atomic mass is 31.2. The third kappa shape index (κ3) is 6.30. The van der Waals surface area contributed by atoms with Crippen LogP contribution in [0.2, 0.25) is 0 Å². The van der Waals surface area contributed by atoms with E-state index in [4.69, 9.17) is 24.3 Å². The van der Waals surface area contributed by atoms with E-state index in [1.165, 1.54) is 27.1 Å². The van der Waals surface area contributed by atoms with Gasteiger partial charge in [-0.15, -0.1) is 0 Å². The number of fused-ring (bicyclic) bond motifs is 2. The number of nitrogens with two attached hydrogens (primary N) is 1. The minimum Gasteiger partial charge on any atom is -0.465 e. The number of hydrogen-bond donors (Lipinski definition) is 4. The third-order valence-corrected chi connectivity index (χ3v) is 9.42. The van der Waals surface area contributed by atoms with Crippen LogP contribution in [0.4, 0.5) is 5.82 Å². The van der Waals surface area contributed by atoms with E-state index >= 15 is 0 Å². The number of aliphatic hydroxyl groups excluding tert-OH is 1. The second kappa shape index (κ2) is 12.8. The molecule has 0 spiro atoms. The van der Waals surface area contributed by atoms with Crippen molar-refractivity contribution in [2.24, 2.45) is 0 Å². The van der Waals surface area contributed by atoms with Gasteiger partial charge in [-0.2, -0.15) is 5.09 Å². The maximum absolute atomic E-state index is 14.4. The number of rotatable bonds is 12. The summed E-state index contributed by atoms with van der Waals surface area (Å²) in [5.41, 5.74) is 4.55. The fraction of sp³-hybridized carbons (Fsp3) is 0.433. The van der Waals surface area contributed by atoms with Crippen LogP contribution >= 0.6 is 7.75 Å². The van der Waals surface area contributed by atoms with E-state index in [-0.39, 0.29) is 18.2 Å². The Morgan fingerprint density at radius 1 is 1.18 bits per heavy atom. The third-order valence-electron chi connectivity index (χ3n) is 7.67. The Hall–Kier alpha value is -3.58. The van der Waals surface area contributed by atoms with Crippen molar-refractivity contribution in [3.63, 3.8) is 0 Å². The summed E-state index contributed by atoms with van der Waals surface area (Å²) >= 11 is 0. The average molecular weight is 628 g/mol. The van der Waals surface area contributed by atoms with Crippen LogP contribution in [0, 0.1) is 0 Å². The summed E-state index contributed by atoms with van der Waals surface area (Å²) in [4.78, 5) is 21.0. The molecule has 1 aliphatic heterocycles. The number of hydrogen-bond acceptors (Lipinski definition) is 11. The van der Waals surface area contributed by atoms with Crippen LogP contribution in [0.1, 0.15) is 46.8 Å². The molecule has 0 saturated carbocycles. The summed E-state index contributed by atoms with van der Waals surface area (Å²) in [6.45, 7) is 6.64. The van der Waals surface area contributed by atoms with Crippen molar-refractivity contribution in [2.45, 2.75) is 76.7 Å². The molecule has 0 bridgehead atoms. The zero-order valence-corrected chi connectivity index (χ0v) is 25.9. The number of nitrogens with zero attached hydrogens (tertiary/aromatic N) is 3. The number of carbonyl (C=O) groups is 1. The highest BCUT2D eigenvalue weighted by Gasteiger charge is 2.56. The fourth-order valence-corrected chi connectivity index (χ4v) is 6.94. The number of esters is 1. The van der Waals surface area contributed by atoms with Crippen LogP contribution < -0.4 is 15.3 Å². The summed E-state index contributed by atoms with van der Waals surface area (Å²) < 4.78 is 39.5. The first kappa shape index (κ1) is 31.8. The summed E-state index contributed by atoms with van der Waals surface area (Å²) in [6.07, 6.45) is -0.448. The molecule has 1 unspecified atom stereocenters. The minimum absolute atomic E-state index is 0.219. The lowest BCUT2D eigenvalue weighted by Crippen LogP contribution is -2.46. The molecule has 13 nitrogen and oxygen atoms in total. The molecule has 44 heavy (non-hydrogen) atoms. The van der Waals surface area contributed by atoms with Crippen LogP contribution in [-0.2, 0) is 23.4 Å². The zero-order valence-electron chi connectivity index (χ0n) is 25.0. The first-order valence-electron chi connectivity index (χ1n) is 14.5. The molecule has 0 radical (unpaired) electrons. The lowest BCUT2D eigenvalue weighted by Gasteiger charge is -2.30. The zero-order chi connectivity index (χ0) is 31.6. The van der Waals surface area contributed by atoms with E-state index in [1.54, 1.807) is 29.0 Å². The van der Waals surface area contributed by atoms with Crippen molar-refractivity contribution in [3.05, 3.63) is 61.1 Å². The summed E-state index contributed by atoms with van der Waals surface area (Å²) in [5.74, 6) is -0.121. The summed E-state index contributed by atoms with van der Waals surface area (Å²) in [6, 6.07) is 13.3. The Labute approximate surface area is 254 Å². The first-order valence-corrected chi connectivity index (χ1v) is 16.0. The molecular formula is C30H38N5O8P. The van der Waals surface area contributed by atoms with Gasteiger partial charge in [-0.05, 0) is 44.7 Å². The molecule has 3 heterocycles. The molecule has 2 aromatic carbocycles. The highest BCUT2D eigenvalue weighted by molar-refractivity contribution is 7.52. The lowest BCUT2D eigenvalue weighted by molar-refractivity contribution is -0.145. The fourth-order valence-electron chi connectivity index (χ4n) is 5.23. The molecule has 1 aliphatic rings. The van der Waals surface area contributed by atoms with Crippen LogP contribution in [0.3, 0.4) is 0 Å². The SMILES string of the molecule is CCCCOC(=O)[C@H](C)NP(=O)(Oc1cccc2ccccc12)O[C@H](C)[C@H]1O[C@@H](n2ccc3c(N)ncnc32)[C@](C)(O)[C@@H]1O. The molecule has 4 aromatic rings. The maximum atomic E-state index is 14.4. The molecule has 5 N–H and O–H groups in total. The van der Waals surface area contributed by atoms with Crippen molar-refractivity contribution in [3.8, 4) is 5.75 Å². The number of nitrogen functional groups attached to an aromatic ring is 1. The van der Waals surface area contributed by atoms with Gasteiger partial charge in [0, 0.05) is 11.6 Å². The highest BCUT2D eigenvalue weighted by Crippen LogP contribution is 2.50. The number of aromatic nitrogens is 3. The molecule has 7 atom stereocenters. The van der Waals surface area contributed by atoms with E-state index in [1.807, 2.05) is 37.3 Å². The van der Waals surface area contributed by atoms with Gasteiger partial charge < -0.3 is 34.5 Å². The molecule has 5 rings (SSSR count). The lowest BCUT2D eigenvalue weighted by atomic mass is 9.94. The van der Waals surface area contributed by atoms with E-state index in [2.05, 4.69) is 15.1 Å². The predicted molar refractivity (Wildman–Crippen MR) is 164 cm³/mol. The van der Waals surface area contributed by atoms with Crippen molar-refractivity contribution in [1.29, 1.82) is 0 Å². The van der Waals surface area contributed by atoms with Gasteiger partial charge in [0.2, 0.25) is 0 Å². The van der Waals surface area contributed by atoms with E-state index in [9.17, 15) is 19.6 Å². The van der Waals surface area contributed by atoms with Gasteiger partial charge in [-0.3, -0.25) is 9.32 Å². The Morgan fingerprint density at radius 2 is 1.93 bits per heavy atom. The Balaban J connectivity index is 1.42. The molecule has 1 fully saturated rings. The van der Waals surface area contributed by atoms with Crippen molar-refractivity contribution >= 4 is 41.3 Å². The molecule has 1 saturated heterocycles. The average Bonchev–Trinajstić information content (AvgIpc) is 3.51. The Morgan fingerprint density at radius 3 is 2.70 bits per heavy atom. The quantitative estimate of drug-likeness (QED) is 0.101. The van der Waals surface area contributed by atoms with Gasteiger partial charge in [-0.25, -0.2) is 14.5 Å². The second-order valence-electron chi connectivity index (χ2n) is 11.1. The molecule has 0 amide bonds. The molecule has 236 valence electrons. The minimum atomic E-state index is -4.36. The first-order chi connectivity index (χ1) is 20.9. The van der Waals surface area contributed by atoms with E-state index in [0.29, 0.717) is 22.8 Å². The monoisotopic (exact) mass is 627 g/mol. The van der Waals surface area contributed by atoms with Gasteiger partial charge >= 0.3 is 13.7 Å². The topological polar surface area (TPSA) is 180 Å². The van der Waals surface area contributed by atoms with Crippen molar-refractivity contribution in [2.75, 3.05) is 12.3 Å². The molecular weight excluding hydrogens is 589 g/mol. The van der Waals surface area contributed by atoms with Crippen LogP contribution in [0.5, 0.6) is 5.75 Å². The summed E-state index contributed by atoms with van der Waals surface area (Å²) in [7, 11) is -4.36. The normalized spacial score (nSPS) is 24.6. The van der Waals surface area contributed by atoms with E-state index in [0.717, 1.165) is 11.8 Å². The predicted octanol–water partition coefficient (Wildman–Crippen LogP) is 4.09. The number of nitrogens with one attached hydrogen (secondary N) is 1. The van der Waals surface area contributed by atoms with E-state index < -0.39 is 49.9 Å². The number of ether oxygens (including phenoxy) is 2. The number of unbranched alkanes of at least 4 members (excludes halogenated alkanes) is 1. The molecule has 14 heteroatoms. The maximum Gasteiger partial charge on any atom is 0.459 e. The van der Waals surface area contributed by atoms with Gasteiger partial charge in [0.15, 0.2) is 6.23 Å². The number of carbonyl (C=O) groups excluding carboxylic acids is 1. The summed E-state index contributed by atoms with van der Waals surface area (Å²) in [5, 5.41) is 27.4. The Kier molecular flexibility index (Phi) is 9.26. The number of benzene rings is 2. The van der Waals surface area contributed by atoms with Crippen LogP contribution in [0.25, 0.3) is 21.8 Å². The number of aliphatic hydroxyl groups is 2. The molecule has 2 aromatic heterocycles. The van der Waals surface area contributed by atoms with Gasteiger partial charge in [-0.1, -0.05) is 49.7 Å². The standard InChI is InChI=1S/C30H38N5O8P/c1-5-6-16-40-28(37)18(2)34-44(39,43-23-13-9-11-20-10-7-8-12-21(20)23)42-19(3)24-25(36)30(4,38)29(41-24)35-15-14-22-26(31)32-17-33-27(22)35/h7-15,17-19,24-25,29,36,38H,5-6,16H2,1-4H3,(H,34,39)(H2,31,32,33)/t18-,19+,24+,25+,29+,30+,44?/m0/s1. The van der Waals surface area contributed by atoms with Crippen molar-refractivity contribution < 1.29 is 38.1 Å².